The van der Waals surface area contributed by atoms with Crippen LogP contribution < -0.4 is 5.73 Å². The second kappa shape index (κ2) is 8.17. The van der Waals surface area contributed by atoms with Gasteiger partial charge in [-0.3, -0.25) is 4.79 Å². The Morgan fingerprint density at radius 2 is 1.70 bits per heavy atom. The molecule has 2 aromatic carbocycles. The van der Waals surface area contributed by atoms with Gasteiger partial charge in [-0.15, -0.1) is 0 Å². The third-order valence-electron chi connectivity index (χ3n) is 2.89. The summed E-state index contributed by atoms with van der Waals surface area (Å²) in [6, 6.07) is 14.0. The van der Waals surface area contributed by atoms with Crippen LogP contribution in [0.3, 0.4) is 0 Å². The number of ether oxygens (including phenoxy) is 1. The first-order chi connectivity index (χ1) is 10.7. The lowest BCUT2D eigenvalue weighted by Crippen LogP contribution is -2.27. The number of primary amides is 1. The van der Waals surface area contributed by atoms with Crippen molar-refractivity contribution in [2.45, 2.75) is 39.2 Å². The Morgan fingerprint density at radius 3 is 2.22 bits per heavy atom. The smallest absolute Gasteiger partial charge is 0.405 e. The fourth-order valence-corrected chi connectivity index (χ4v) is 2.05. The van der Waals surface area contributed by atoms with Gasteiger partial charge in [0.15, 0.2) is 0 Å². The number of hydrogen-bond acceptors (Lipinski definition) is 3. The van der Waals surface area contributed by atoms with Crippen LogP contribution in [0.1, 0.15) is 32.8 Å². The number of benzene rings is 2. The van der Waals surface area contributed by atoms with Crippen LogP contribution in [-0.2, 0) is 16.0 Å². The Kier molecular flexibility index (Phi) is 6.57. The highest BCUT2D eigenvalue weighted by Crippen LogP contribution is 2.19. The number of fused-ring (bicyclic) bond motifs is 1. The molecule has 5 nitrogen and oxygen atoms in total. The molecule has 0 aromatic heterocycles. The third kappa shape index (κ3) is 7.31. The van der Waals surface area contributed by atoms with E-state index in [1.54, 1.807) is 20.8 Å². The predicted octanol–water partition coefficient (Wildman–Crippen LogP) is 3.74. The number of carboxylic acid groups (broad SMARTS) is 1. The molecule has 0 radical (unpaired) electrons. The number of aryl methyl sites for hydroxylation is 1. The van der Waals surface area contributed by atoms with Gasteiger partial charge in [0.05, 0.1) is 0 Å². The summed E-state index contributed by atoms with van der Waals surface area (Å²) in [7, 11) is 0. The van der Waals surface area contributed by atoms with Crippen LogP contribution >= 0.6 is 0 Å². The SMILES string of the molecule is CC(C)(C)OC(N)=O.O=C(O)CCc1cccc2ccccc12. The van der Waals surface area contributed by atoms with E-state index in [9.17, 15) is 9.59 Å². The van der Waals surface area contributed by atoms with E-state index in [2.05, 4.69) is 4.74 Å². The van der Waals surface area contributed by atoms with Gasteiger partial charge in [0.1, 0.15) is 5.60 Å². The minimum atomic E-state index is -0.747. The van der Waals surface area contributed by atoms with E-state index < -0.39 is 17.7 Å². The molecule has 0 aliphatic carbocycles. The van der Waals surface area contributed by atoms with Gasteiger partial charge in [-0.1, -0.05) is 42.5 Å². The minimum absolute atomic E-state index is 0.188. The first-order valence-electron chi connectivity index (χ1n) is 7.36. The normalized spacial score (nSPS) is 10.6. The zero-order valence-corrected chi connectivity index (χ0v) is 13.7. The van der Waals surface area contributed by atoms with Crippen LogP contribution in [0.5, 0.6) is 0 Å². The summed E-state index contributed by atoms with van der Waals surface area (Å²) >= 11 is 0. The van der Waals surface area contributed by atoms with Crippen LogP contribution in [0.25, 0.3) is 10.8 Å². The fraction of sp³-hybridized carbons (Fsp3) is 0.333. The maximum atomic E-state index is 10.5. The molecule has 5 heteroatoms. The van der Waals surface area contributed by atoms with E-state index in [-0.39, 0.29) is 6.42 Å². The van der Waals surface area contributed by atoms with Crippen molar-refractivity contribution in [3.8, 4) is 0 Å². The molecule has 3 N–H and O–H groups in total. The fourth-order valence-electron chi connectivity index (χ4n) is 2.05. The van der Waals surface area contributed by atoms with Crippen molar-refractivity contribution >= 4 is 22.8 Å². The monoisotopic (exact) mass is 317 g/mol. The number of carbonyl (C=O) groups is 2. The Bertz CT molecular complexity index is 669. The third-order valence-corrected chi connectivity index (χ3v) is 2.89. The number of aliphatic carboxylic acids is 1. The van der Waals surface area contributed by atoms with Crippen LogP contribution in [0, 0.1) is 0 Å². The second-order valence-electron chi connectivity index (χ2n) is 6.07. The molecule has 0 heterocycles. The molecule has 23 heavy (non-hydrogen) atoms. The Labute approximate surface area is 136 Å². The number of amides is 1. The number of nitrogens with two attached hydrogens (primary N) is 1. The molecule has 0 spiro atoms. The first kappa shape index (κ1) is 18.5. The first-order valence-corrected chi connectivity index (χ1v) is 7.36. The number of hydrogen-bond donors (Lipinski definition) is 2. The molecule has 0 saturated carbocycles. The van der Waals surface area contributed by atoms with E-state index in [1.165, 1.54) is 5.39 Å². The largest absolute Gasteiger partial charge is 0.481 e. The maximum absolute atomic E-state index is 10.5. The van der Waals surface area contributed by atoms with Crippen LogP contribution in [0.4, 0.5) is 4.79 Å². The molecular weight excluding hydrogens is 294 g/mol. The van der Waals surface area contributed by atoms with E-state index in [0.717, 1.165) is 10.9 Å². The van der Waals surface area contributed by atoms with Crippen molar-refractivity contribution in [2.75, 3.05) is 0 Å². The van der Waals surface area contributed by atoms with Gasteiger partial charge >= 0.3 is 12.1 Å². The van der Waals surface area contributed by atoms with Crippen molar-refractivity contribution in [3.05, 3.63) is 48.0 Å². The van der Waals surface area contributed by atoms with Gasteiger partial charge in [-0.05, 0) is 43.5 Å². The predicted molar refractivity (Wildman–Crippen MR) is 90.3 cm³/mol. The molecule has 1 amide bonds. The zero-order chi connectivity index (χ0) is 17.5. The molecule has 0 aliphatic rings. The lowest BCUT2D eigenvalue weighted by molar-refractivity contribution is -0.136. The van der Waals surface area contributed by atoms with Crippen LogP contribution in [0.15, 0.2) is 42.5 Å². The van der Waals surface area contributed by atoms with Crippen molar-refractivity contribution in [1.29, 1.82) is 0 Å². The zero-order valence-electron chi connectivity index (χ0n) is 13.7. The molecular formula is C18H23NO4. The standard InChI is InChI=1S/C13H12O2.C5H11NO2/c14-13(15)9-8-11-6-3-5-10-4-1-2-7-12(10)11;1-5(2,3)8-4(6)7/h1-7H,8-9H2,(H,14,15);1-3H3,(H2,6,7). The summed E-state index contributed by atoms with van der Waals surface area (Å²) in [5.41, 5.74) is 5.37. The topological polar surface area (TPSA) is 89.6 Å². The average molecular weight is 317 g/mol. The van der Waals surface area contributed by atoms with E-state index in [0.29, 0.717) is 6.42 Å². The summed E-state index contributed by atoms with van der Waals surface area (Å²) in [5, 5.41) is 11.0. The average Bonchev–Trinajstić information content (AvgIpc) is 2.43. The van der Waals surface area contributed by atoms with Crippen molar-refractivity contribution in [2.24, 2.45) is 5.73 Å². The van der Waals surface area contributed by atoms with Gasteiger partial charge in [0, 0.05) is 6.42 Å². The highest BCUT2D eigenvalue weighted by molar-refractivity contribution is 5.86. The lowest BCUT2D eigenvalue weighted by atomic mass is 10.0. The number of rotatable bonds is 3. The Morgan fingerprint density at radius 1 is 1.09 bits per heavy atom. The van der Waals surface area contributed by atoms with Crippen LogP contribution in [0.2, 0.25) is 0 Å². The quantitative estimate of drug-likeness (QED) is 0.902. The summed E-state index contributed by atoms with van der Waals surface area (Å²) in [5.74, 6) is -0.747. The highest BCUT2D eigenvalue weighted by Gasteiger charge is 2.12. The van der Waals surface area contributed by atoms with E-state index in [4.69, 9.17) is 10.8 Å². The van der Waals surface area contributed by atoms with Gasteiger partial charge in [0.25, 0.3) is 0 Å². The molecule has 124 valence electrons. The van der Waals surface area contributed by atoms with Gasteiger partial charge in [0.2, 0.25) is 0 Å². The van der Waals surface area contributed by atoms with Crippen molar-refractivity contribution in [3.63, 3.8) is 0 Å². The van der Waals surface area contributed by atoms with Gasteiger partial charge in [-0.25, -0.2) is 4.79 Å². The lowest BCUT2D eigenvalue weighted by Gasteiger charge is -2.16. The molecule has 0 aliphatic heterocycles. The summed E-state index contributed by atoms with van der Waals surface area (Å²) < 4.78 is 4.58. The Balaban J connectivity index is 0.000000284. The summed E-state index contributed by atoms with van der Waals surface area (Å²) in [4.78, 5) is 20.5. The van der Waals surface area contributed by atoms with Crippen molar-refractivity contribution in [1.82, 2.24) is 0 Å². The summed E-state index contributed by atoms with van der Waals surface area (Å²) in [6.07, 6.45) is 0.0579. The minimum Gasteiger partial charge on any atom is -0.481 e. The molecule has 0 fully saturated rings. The molecule has 0 unspecified atom stereocenters. The summed E-state index contributed by atoms with van der Waals surface area (Å²) in [6.45, 7) is 5.28. The van der Waals surface area contributed by atoms with Gasteiger partial charge < -0.3 is 15.6 Å². The molecule has 0 atom stereocenters. The van der Waals surface area contributed by atoms with E-state index in [1.807, 2.05) is 42.5 Å². The second-order valence-corrected chi connectivity index (χ2v) is 6.07. The number of carboxylic acids is 1. The van der Waals surface area contributed by atoms with E-state index >= 15 is 0 Å². The molecule has 2 rings (SSSR count). The molecule has 0 saturated heterocycles. The molecule has 0 bridgehead atoms. The molecule has 2 aromatic rings. The highest BCUT2D eigenvalue weighted by atomic mass is 16.6. The van der Waals surface area contributed by atoms with Gasteiger partial charge in [-0.2, -0.15) is 0 Å². The number of carbonyl (C=O) groups excluding carboxylic acids is 1. The van der Waals surface area contributed by atoms with Crippen molar-refractivity contribution < 1.29 is 19.4 Å². The maximum Gasteiger partial charge on any atom is 0.405 e. The van der Waals surface area contributed by atoms with Crippen LogP contribution in [-0.4, -0.2) is 22.8 Å². The Hall–Kier alpha value is -2.56.